The van der Waals surface area contributed by atoms with Crippen molar-refractivity contribution in [2.75, 3.05) is 12.3 Å². The lowest BCUT2D eigenvalue weighted by atomic mass is 10.1. The van der Waals surface area contributed by atoms with E-state index >= 15 is 0 Å². The smallest absolute Gasteiger partial charge is 0.394 e. The van der Waals surface area contributed by atoms with Gasteiger partial charge in [0.15, 0.2) is 0 Å². The molecule has 1 saturated heterocycles. The number of benzene rings is 1. The molecule has 1 aliphatic rings. The number of hydrogen-bond donors (Lipinski definition) is 6. The number of phosphoric acid groups is 1. The average Bonchev–Trinajstić information content (AvgIpc) is 3.10. The third-order valence-corrected chi connectivity index (χ3v) is 3.85. The summed E-state index contributed by atoms with van der Waals surface area (Å²) < 4.78 is 15.7. The lowest BCUT2D eigenvalue weighted by Crippen LogP contribution is -2.27. The molecule has 11 nitrogen and oxygen atoms in total. The van der Waals surface area contributed by atoms with E-state index in [2.05, 4.69) is 17.1 Å². The second-order valence-corrected chi connectivity index (χ2v) is 7.72. The van der Waals surface area contributed by atoms with Gasteiger partial charge in [0, 0.05) is 12.2 Å². The van der Waals surface area contributed by atoms with Crippen molar-refractivity contribution in [2.45, 2.75) is 44.6 Å². The molecule has 1 aromatic heterocycles. The minimum absolute atomic E-state index is 0.0202. The summed E-state index contributed by atoms with van der Waals surface area (Å²) in [5.41, 5.74) is 11.9. The fraction of sp³-hybridized carbons (Fsp3) is 0.444. The van der Waals surface area contributed by atoms with Crippen molar-refractivity contribution in [1.29, 1.82) is 0 Å². The minimum atomic E-state index is -4.64. The van der Waals surface area contributed by atoms with Crippen molar-refractivity contribution in [2.24, 2.45) is 5.73 Å². The van der Waals surface area contributed by atoms with Gasteiger partial charge in [-0.2, -0.15) is 4.98 Å². The summed E-state index contributed by atoms with van der Waals surface area (Å²) in [6.45, 7) is 2.00. The van der Waals surface area contributed by atoms with Gasteiger partial charge >= 0.3 is 13.5 Å². The Morgan fingerprint density at radius 1 is 1.23 bits per heavy atom. The zero-order valence-electron chi connectivity index (χ0n) is 16.6. The summed E-state index contributed by atoms with van der Waals surface area (Å²) in [5, 5.41) is 8.90. The molecule has 12 heteroatoms. The molecule has 0 aliphatic carbocycles. The van der Waals surface area contributed by atoms with E-state index in [1.54, 1.807) is 12.3 Å². The van der Waals surface area contributed by atoms with Crippen molar-refractivity contribution >= 4 is 13.6 Å². The third-order valence-electron chi connectivity index (χ3n) is 3.85. The molecular formula is C18H29N4O7P. The first-order chi connectivity index (χ1) is 14.0. The van der Waals surface area contributed by atoms with Gasteiger partial charge in [0.05, 0.1) is 12.7 Å². The van der Waals surface area contributed by atoms with Crippen LogP contribution in [0.25, 0.3) is 0 Å². The Labute approximate surface area is 174 Å². The lowest BCUT2D eigenvalue weighted by Gasteiger charge is -2.14. The normalized spacial score (nSPS) is 19.1. The summed E-state index contributed by atoms with van der Waals surface area (Å²) in [6.07, 6.45) is 3.48. The molecule has 0 bridgehead atoms. The van der Waals surface area contributed by atoms with E-state index < -0.39 is 13.5 Å². The van der Waals surface area contributed by atoms with Crippen LogP contribution in [-0.2, 0) is 15.7 Å². The van der Waals surface area contributed by atoms with E-state index in [1.807, 2.05) is 25.1 Å². The number of aromatic nitrogens is 2. The average molecular weight is 444 g/mol. The summed E-state index contributed by atoms with van der Waals surface area (Å²) in [4.78, 5) is 36.6. The molecular weight excluding hydrogens is 415 g/mol. The Balaban J connectivity index is 0.000000259. The molecule has 3 rings (SSSR count). The Morgan fingerprint density at radius 3 is 2.30 bits per heavy atom. The number of anilines is 1. The van der Waals surface area contributed by atoms with Gasteiger partial charge in [0.1, 0.15) is 12.0 Å². The topological polar surface area (TPSA) is 194 Å². The summed E-state index contributed by atoms with van der Waals surface area (Å²) in [6, 6.07) is 12.1. The Bertz CT molecular complexity index is 849. The number of nitrogens with zero attached hydrogens (tertiary/aromatic N) is 2. The van der Waals surface area contributed by atoms with Crippen LogP contribution in [0.3, 0.4) is 0 Å². The van der Waals surface area contributed by atoms with E-state index in [0.29, 0.717) is 6.42 Å². The molecule has 0 amide bonds. The highest BCUT2D eigenvalue weighted by Crippen LogP contribution is 2.26. The molecule has 3 atom stereocenters. The first kappa shape index (κ1) is 25.9. The van der Waals surface area contributed by atoms with Crippen LogP contribution >= 0.6 is 7.82 Å². The number of aliphatic hydroxyl groups excluding tert-OH is 1. The maximum Gasteiger partial charge on any atom is 0.466 e. The number of aliphatic hydroxyl groups is 1. The van der Waals surface area contributed by atoms with Gasteiger partial charge in [-0.15, -0.1) is 0 Å². The van der Waals surface area contributed by atoms with E-state index in [9.17, 15) is 4.79 Å². The van der Waals surface area contributed by atoms with Crippen molar-refractivity contribution in [3.8, 4) is 0 Å². The maximum absolute atomic E-state index is 11.5. The van der Waals surface area contributed by atoms with Gasteiger partial charge in [-0.25, -0.2) is 9.36 Å². The van der Waals surface area contributed by atoms with Crippen molar-refractivity contribution in [1.82, 2.24) is 9.55 Å². The number of ether oxygens (including phenoxy) is 1. The second-order valence-electron chi connectivity index (χ2n) is 6.70. The molecule has 1 unspecified atom stereocenters. The highest BCUT2D eigenvalue weighted by molar-refractivity contribution is 7.45. The zero-order chi connectivity index (χ0) is 22.7. The number of hydrogen-bond acceptors (Lipinski definition) is 7. The fourth-order valence-corrected chi connectivity index (χ4v) is 2.66. The van der Waals surface area contributed by atoms with Gasteiger partial charge in [0.2, 0.25) is 0 Å². The van der Waals surface area contributed by atoms with Gasteiger partial charge < -0.3 is 36.0 Å². The molecule has 1 fully saturated rings. The molecule has 1 aromatic carbocycles. The van der Waals surface area contributed by atoms with Crippen LogP contribution in [0.15, 0.2) is 47.4 Å². The first-order valence-corrected chi connectivity index (χ1v) is 10.7. The molecule has 8 N–H and O–H groups in total. The van der Waals surface area contributed by atoms with E-state index in [-0.39, 0.29) is 30.8 Å². The molecule has 2 heterocycles. The molecule has 30 heavy (non-hydrogen) atoms. The van der Waals surface area contributed by atoms with E-state index in [4.69, 9.17) is 40.6 Å². The lowest BCUT2D eigenvalue weighted by molar-refractivity contribution is -0.0245. The highest BCUT2D eigenvalue weighted by atomic mass is 31.2. The van der Waals surface area contributed by atoms with E-state index in [0.717, 1.165) is 12.8 Å². The monoisotopic (exact) mass is 444 g/mol. The Morgan fingerprint density at radius 2 is 1.83 bits per heavy atom. The van der Waals surface area contributed by atoms with Crippen molar-refractivity contribution < 1.29 is 29.1 Å². The summed E-state index contributed by atoms with van der Waals surface area (Å²) in [7, 11) is -4.64. The molecule has 2 aromatic rings. The van der Waals surface area contributed by atoms with Crippen LogP contribution in [0.1, 0.15) is 31.6 Å². The zero-order valence-corrected chi connectivity index (χ0v) is 17.5. The van der Waals surface area contributed by atoms with Crippen LogP contribution in [-0.4, -0.2) is 48.1 Å². The fourth-order valence-electron chi connectivity index (χ4n) is 2.66. The molecule has 1 aliphatic heterocycles. The first-order valence-electron chi connectivity index (χ1n) is 9.18. The predicted molar refractivity (Wildman–Crippen MR) is 111 cm³/mol. The number of nitrogens with two attached hydrogens (primary N) is 2. The number of nitrogen functional groups attached to an aromatic ring is 1. The molecule has 0 radical (unpaired) electrons. The third kappa shape index (κ3) is 11.2. The van der Waals surface area contributed by atoms with Crippen LogP contribution in [0, 0.1) is 0 Å². The van der Waals surface area contributed by atoms with Crippen molar-refractivity contribution in [3.05, 3.63) is 58.6 Å². The van der Waals surface area contributed by atoms with Crippen LogP contribution in [0.4, 0.5) is 5.82 Å². The van der Waals surface area contributed by atoms with Gasteiger partial charge in [-0.3, -0.25) is 4.57 Å². The second kappa shape index (κ2) is 12.6. The van der Waals surface area contributed by atoms with Gasteiger partial charge in [-0.05, 0) is 37.8 Å². The van der Waals surface area contributed by atoms with Crippen LogP contribution in [0.2, 0.25) is 0 Å². The number of rotatable bonds is 4. The Hall–Kier alpha value is -2.11. The van der Waals surface area contributed by atoms with Gasteiger partial charge in [-0.1, -0.05) is 30.3 Å². The van der Waals surface area contributed by atoms with Crippen molar-refractivity contribution in [3.63, 3.8) is 0 Å². The summed E-state index contributed by atoms with van der Waals surface area (Å²) in [5.74, 6) is 0.202. The quantitative estimate of drug-likeness (QED) is 0.353. The van der Waals surface area contributed by atoms with Gasteiger partial charge in [0.25, 0.3) is 0 Å². The SMILES string of the molecule is CC(N)Cc1ccccc1.Nc1ccn([C@H]2CC[C@@H](CO)O2)c(=O)n1.O=P(O)(O)O. The summed E-state index contributed by atoms with van der Waals surface area (Å²) >= 11 is 0. The Kier molecular flexibility index (Phi) is 10.8. The maximum atomic E-state index is 11.5. The molecule has 168 valence electrons. The highest BCUT2D eigenvalue weighted by Gasteiger charge is 2.26. The standard InChI is InChI=1S/C9H13N3O3.C9H13N.H3O4P/c10-7-3-4-12(9(14)11-7)8-2-1-6(5-13)15-8;1-8(10)7-9-5-3-2-4-6-9;1-5(2,3)4/h3-4,6,8,13H,1-2,5H2,(H2,10,11,14);2-6,8H,7,10H2,1H3;(H3,1,2,3,4)/t6-,8+;;/m0../s1. The predicted octanol–water partition coefficient (Wildman–Crippen LogP) is 0.143. The molecule has 0 spiro atoms. The minimum Gasteiger partial charge on any atom is -0.394 e. The van der Waals surface area contributed by atoms with Crippen LogP contribution in [0.5, 0.6) is 0 Å². The van der Waals surface area contributed by atoms with E-state index in [1.165, 1.54) is 10.1 Å². The largest absolute Gasteiger partial charge is 0.466 e. The van der Waals surface area contributed by atoms with Crippen LogP contribution < -0.4 is 17.2 Å². The molecule has 0 saturated carbocycles.